The fraction of sp³-hybridized carbons (Fsp3) is 0.556. The number of esters is 1. The van der Waals surface area contributed by atoms with Crippen molar-refractivity contribution in [3.8, 4) is 0 Å². The third kappa shape index (κ3) is 3.91. The van der Waals surface area contributed by atoms with Crippen molar-refractivity contribution >= 4 is 11.7 Å². The van der Waals surface area contributed by atoms with Crippen molar-refractivity contribution in [1.82, 2.24) is 0 Å². The second-order valence-electron chi connectivity index (χ2n) is 3.66. The minimum absolute atomic E-state index is 0.162. The summed E-state index contributed by atoms with van der Waals surface area (Å²) in [5, 5.41) is 7.26. The lowest BCUT2D eigenvalue weighted by atomic mass is 10.1. The smallest absolute Gasteiger partial charge is 0.356 e. The molecule has 0 heterocycles. The molecule has 0 unspecified atom stereocenters. The Hall–Kier alpha value is -1.12. The molecule has 0 radical (unpaired) electrons. The highest BCUT2D eigenvalue weighted by atomic mass is 16.6. The minimum atomic E-state index is -0.616. The van der Waals surface area contributed by atoms with E-state index < -0.39 is 11.6 Å². The maximum absolute atomic E-state index is 11.1. The first kappa shape index (κ1) is 10.9. The molecule has 0 amide bonds. The maximum atomic E-state index is 11.1. The summed E-state index contributed by atoms with van der Waals surface area (Å²) in [5.74, 6) is -0.616. The number of hydrogen-bond acceptors (Lipinski definition) is 3. The highest BCUT2D eigenvalue weighted by molar-refractivity contribution is 6.41. The van der Waals surface area contributed by atoms with E-state index in [1.165, 1.54) is 0 Å². The van der Waals surface area contributed by atoms with Crippen LogP contribution in [0.1, 0.15) is 27.7 Å². The number of carbonyl (C=O) groups excluding carboxylic acids is 1. The monoisotopic (exact) mass is 169 g/mol. The number of rotatable bonds is 2. The molecule has 0 saturated carbocycles. The molecule has 3 nitrogen and oxygen atoms in total. The van der Waals surface area contributed by atoms with Gasteiger partial charge >= 0.3 is 5.97 Å². The minimum Gasteiger partial charge on any atom is -0.455 e. The predicted molar refractivity (Wildman–Crippen MR) is 48.4 cm³/mol. The first-order valence-corrected chi connectivity index (χ1v) is 3.72. The van der Waals surface area contributed by atoms with E-state index in [1.54, 1.807) is 27.7 Å². The first-order chi connectivity index (χ1) is 5.24. The molecule has 0 aliphatic carbocycles. The molecule has 0 aliphatic rings. The highest BCUT2D eigenvalue weighted by Gasteiger charge is 2.19. The van der Waals surface area contributed by atoms with Crippen molar-refractivity contribution in [3.63, 3.8) is 0 Å². The molecule has 0 aromatic carbocycles. The van der Waals surface area contributed by atoms with E-state index >= 15 is 0 Å². The molecule has 0 aromatic rings. The lowest BCUT2D eigenvalue weighted by Crippen LogP contribution is -2.28. The van der Waals surface area contributed by atoms with E-state index in [4.69, 9.17) is 10.1 Å². The average Bonchev–Trinajstić information content (AvgIpc) is 1.82. The largest absolute Gasteiger partial charge is 0.455 e. The van der Waals surface area contributed by atoms with Gasteiger partial charge in [0, 0.05) is 0 Å². The van der Waals surface area contributed by atoms with Crippen LogP contribution in [0.2, 0.25) is 0 Å². The molecule has 0 rings (SSSR count). The third-order valence-corrected chi connectivity index (χ3v) is 1.03. The van der Waals surface area contributed by atoms with E-state index in [0.29, 0.717) is 5.57 Å². The summed E-state index contributed by atoms with van der Waals surface area (Å²) < 4.78 is 4.94. The molecule has 3 heteroatoms. The Balaban J connectivity index is 4.25. The van der Waals surface area contributed by atoms with Gasteiger partial charge in [0.25, 0.3) is 0 Å². The zero-order chi connectivity index (χ0) is 9.94. The van der Waals surface area contributed by atoms with Crippen LogP contribution in [0.5, 0.6) is 0 Å². The second kappa shape index (κ2) is 3.52. The Morgan fingerprint density at radius 1 is 1.42 bits per heavy atom. The van der Waals surface area contributed by atoms with Crippen LogP contribution in [0.25, 0.3) is 0 Å². The molecule has 0 fully saturated rings. The van der Waals surface area contributed by atoms with Crippen molar-refractivity contribution in [1.29, 1.82) is 5.41 Å². The fourth-order valence-electron chi connectivity index (χ4n) is 0.503. The Morgan fingerprint density at radius 3 is 2.08 bits per heavy atom. The lowest BCUT2D eigenvalue weighted by Gasteiger charge is -2.19. The van der Waals surface area contributed by atoms with Crippen LogP contribution in [0.3, 0.4) is 0 Å². The van der Waals surface area contributed by atoms with Gasteiger partial charge in [-0.15, -0.1) is 0 Å². The molecular weight excluding hydrogens is 154 g/mol. The zero-order valence-corrected chi connectivity index (χ0v) is 8.02. The highest BCUT2D eigenvalue weighted by Crippen LogP contribution is 2.08. The Kier molecular flexibility index (Phi) is 3.19. The fourth-order valence-corrected chi connectivity index (χ4v) is 0.503. The predicted octanol–water partition coefficient (Wildman–Crippen LogP) is 1.92. The normalized spacial score (nSPS) is 10.7. The van der Waals surface area contributed by atoms with Crippen molar-refractivity contribution in [2.24, 2.45) is 0 Å². The summed E-state index contributed by atoms with van der Waals surface area (Å²) in [4.78, 5) is 11.1. The molecule has 0 atom stereocenters. The molecule has 68 valence electrons. The number of ether oxygens (including phenoxy) is 1. The van der Waals surface area contributed by atoms with E-state index in [-0.39, 0.29) is 5.71 Å². The van der Waals surface area contributed by atoms with Gasteiger partial charge in [0.2, 0.25) is 0 Å². The van der Waals surface area contributed by atoms with Crippen LogP contribution >= 0.6 is 0 Å². The van der Waals surface area contributed by atoms with Gasteiger partial charge in [0.05, 0.1) is 0 Å². The molecule has 12 heavy (non-hydrogen) atoms. The van der Waals surface area contributed by atoms with E-state index in [1.807, 2.05) is 0 Å². The van der Waals surface area contributed by atoms with Crippen LogP contribution in [0.4, 0.5) is 0 Å². The Labute approximate surface area is 72.9 Å². The van der Waals surface area contributed by atoms with Crippen LogP contribution in [-0.4, -0.2) is 17.3 Å². The van der Waals surface area contributed by atoms with Gasteiger partial charge in [-0.05, 0) is 33.3 Å². The van der Waals surface area contributed by atoms with Gasteiger partial charge in [-0.1, -0.05) is 6.58 Å². The average molecular weight is 169 g/mol. The SMILES string of the molecule is C=C(C)C(=N)C(=O)OC(C)(C)C. The Bertz CT molecular complexity index is 223. The third-order valence-electron chi connectivity index (χ3n) is 1.03. The molecular formula is C9H15NO2. The van der Waals surface area contributed by atoms with E-state index in [2.05, 4.69) is 6.58 Å². The van der Waals surface area contributed by atoms with Crippen molar-refractivity contribution < 1.29 is 9.53 Å². The van der Waals surface area contributed by atoms with Crippen molar-refractivity contribution in [3.05, 3.63) is 12.2 Å². The number of hydrogen-bond donors (Lipinski definition) is 1. The van der Waals surface area contributed by atoms with Crippen LogP contribution in [0, 0.1) is 5.41 Å². The van der Waals surface area contributed by atoms with Gasteiger partial charge in [-0.2, -0.15) is 0 Å². The van der Waals surface area contributed by atoms with Gasteiger partial charge in [-0.3, -0.25) is 5.41 Å². The van der Waals surface area contributed by atoms with Gasteiger partial charge in [0.1, 0.15) is 11.3 Å². The van der Waals surface area contributed by atoms with Gasteiger partial charge < -0.3 is 4.74 Å². The van der Waals surface area contributed by atoms with Crippen LogP contribution < -0.4 is 0 Å². The summed E-state index contributed by atoms with van der Waals surface area (Å²) in [7, 11) is 0. The lowest BCUT2D eigenvalue weighted by molar-refractivity contribution is -0.146. The zero-order valence-electron chi connectivity index (χ0n) is 8.02. The van der Waals surface area contributed by atoms with Gasteiger partial charge in [-0.25, -0.2) is 4.79 Å². The molecule has 1 N–H and O–H groups in total. The Morgan fingerprint density at radius 2 is 1.83 bits per heavy atom. The molecule has 0 spiro atoms. The van der Waals surface area contributed by atoms with Crippen LogP contribution in [0.15, 0.2) is 12.2 Å². The topological polar surface area (TPSA) is 50.2 Å². The summed E-state index contributed by atoms with van der Waals surface area (Å²) in [6.45, 7) is 10.4. The van der Waals surface area contributed by atoms with Gasteiger partial charge in [0.15, 0.2) is 0 Å². The molecule has 0 aromatic heterocycles. The number of nitrogens with one attached hydrogen (secondary N) is 1. The summed E-state index contributed by atoms with van der Waals surface area (Å²) >= 11 is 0. The van der Waals surface area contributed by atoms with E-state index in [0.717, 1.165) is 0 Å². The maximum Gasteiger partial charge on any atom is 0.356 e. The van der Waals surface area contributed by atoms with Crippen molar-refractivity contribution in [2.45, 2.75) is 33.3 Å². The van der Waals surface area contributed by atoms with Crippen LogP contribution in [-0.2, 0) is 9.53 Å². The first-order valence-electron chi connectivity index (χ1n) is 3.72. The molecule has 0 aliphatic heterocycles. The quantitative estimate of drug-likeness (QED) is 0.507. The summed E-state index contributed by atoms with van der Waals surface area (Å²) in [6.07, 6.45) is 0. The standard InChI is InChI=1S/C9H15NO2/c1-6(2)7(10)8(11)12-9(3,4)5/h10H,1H2,2-5H3. The summed E-state index contributed by atoms with van der Waals surface area (Å²) in [6, 6.07) is 0. The molecule has 0 saturated heterocycles. The van der Waals surface area contributed by atoms with Crippen molar-refractivity contribution in [2.75, 3.05) is 0 Å². The molecule has 0 bridgehead atoms. The number of carbonyl (C=O) groups is 1. The van der Waals surface area contributed by atoms with E-state index in [9.17, 15) is 4.79 Å². The second-order valence-corrected chi connectivity index (χ2v) is 3.66. The summed E-state index contributed by atoms with van der Waals surface area (Å²) in [5.41, 5.74) is -0.284.